The Labute approximate surface area is 153 Å². The summed E-state index contributed by atoms with van der Waals surface area (Å²) >= 11 is 1.77. The van der Waals surface area contributed by atoms with Crippen molar-refractivity contribution in [1.82, 2.24) is 15.6 Å². The molecule has 0 amide bonds. The van der Waals surface area contributed by atoms with E-state index < -0.39 is 0 Å². The highest BCUT2D eigenvalue weighted by Gasteiger charge is 2.05. The topological polar surface area (TPSA) is 49.3 Å². The highest BCUT2D eigenvalue weighted by molar-refractivity contribution is 7.11. The van der Waals surface area contributed by atoms with Crippen molar-refractivity contribution in [2.24, 2.45) is 4.99 Å². The first-order chi connectivity index (χ1) is 12.1. The van der Waals surface area contributed by atoms with Crippen molar-refractivity contribution < 1.29 is 4.39 Å². The number of aryl methyl sites for hydroxylation is 2. The van der Waals surface area contributed by atoms with E-state index in [-0.39, 0.29) is 5.82 Å². The van der Waals surface area contributed by atoms with Crippen LogP contribution in [-0.2, 0) is 19.3 Å². The van der Waals surface area contributed by atoms with Crippen LogP contribution in [0.2, 0.25) is 0 Å². The zero-order valence-corrected chi connectivity index (χ0v) is 16.0. The minimum Gasteiger partial charge on any atom is -0.357 e. The van der Waals surface area contributed by atoms with Gasteiger partial charge in [-0.3, -0.25) is 4.99 Å². The van der Waals surface area contributed by atoms with Crippen LogP contribution in [0.1, 0.15) is 35.0 Å². The molecule has 2 aromatic rings. The molecule has 0 atom stereocenters. The van der Waals surface area contributed by atoms with Crippen molar-refractivity contribution >= 4 is 17.3 Å². The van der Waals surface area contributed by atoms with Gasteiger partial charge in [0.25, 0.3) is 0 Å². The van der Waals surface area contributed by atoms with E-state index in [2.05, 4.69) is 41.4 Å². The number of guanidine groups is 1. The number of nitrogens with one attached hydrogen (secondary N) is 2. The molecule has 0 aliphatic rings. The monoisotopic (exact) mass is 362 g/mol. The van der Waals surface area contributed by atoms with Gasteiger partial charge in [-0.1, -0.05) is 19.1 Å². The Kier molecular flexibility index (Phi) is 7.85. The average Bonchev–Trinajstić information content (AvgIpc) is 2.96. The smallest absolute Gasteiger partial charge is 0.191 e. The second-order valence-corrected chi connectivity index (χ2v) is 7.07. The third-order valence-corrected chi connectivity index (χ3v) is 4.90. The van der Waals surface area contributed by atoms with Gasteiger partial charge in [0.1, 0.15) is 5.82 Å². The average molecular weight is 363 g/mol. The van der Waals surface area contributed by atoms with Gasteiger partial charge in [-0.05, 0) is 44.4 Å². The lowest BCUT2D eigenvalue weighted by molar-refractivity contribution is 0.626. The third kappa shape index (κ3) is 6.46. The third-order valence-electron chi connectivity index (χ3n) is 3.83. The van der Waals surface area contributed by atoms with Gasteiger partial charge >= 0.3 is 0 Å². The summed E-state index contributed by atoms with van der Waals surface area (Å²) in [6, 6.07) is 6.62. The maximum Gasteiger partial charge on any atom is 0.191 e. The Balaban J connectivity index is 1.81. The van der Waals surface area contributed by atoms with Gasteiger partial charge in [0.15, 0.2) is 5.96 Å². The molecule has 0 bridgehead atoms. The van der Waals surface area contributed by atoms with E-state index in [1.807, 2.05) is 12.1 Å². The van der Waals surface area contributed by atoms with Crippen molar-refractivity contribution in [3.8, 4) is 0 Å². The largest absolute Gasteiger partial charge is 0.357 e. The molecule has 0 spiro atoms. The molecule has 0 aliphatic carbocycles. The molecule has 2 rings (SSSR count). The quantitative estimate of drug-likeness (QED) is 0.558. The van der Waals surface area contributed by atoms with Gasteiger partial charge < -0.3 is 10.6 Å². The summed E-state index contributed by atoms with van der Waals surface area (Å²) < 4.78 is 12.9. The summed E-state index contributed by atoms with van der Waals surface area (Å²) in [5.74, 6) is 0.615. The lowest BCUT2D eigenvalue weighted by Crippen LogP contribution is -2.38. The van der Waals surface area contributed by atoms with Crippen molar-refractivity contribution in [2.45, 2.75) is 40.0 Å². The molecule has 136 valence electrons. The molecule has 0 aliphatic heterocycles. The fraction of sp³-hybridized carbons (Fsp3) is 0.474. The van der Waals surface area contributed by atoms with Crippen LogP contribution in [0.5, 0.6) is 0 Å². The molecule has 1 aromatic carbocycles. The predicted octanol–water partition coefficient (Wildman–Crippen LogP) is 3.49. The number of hydrogen-bond donors (Lipinski definition) is 2. The summed E-state index contributed by atoms with van der Waals surface area (Å²) in [5, 5.41) is 7.73. The number of aromatic nitrogens is 1. The van der Waals surface area contributed by atoms with Crippen molar-refractivity contribution in [2.75, 3.05) is 19.6 Å². The lowest BCUT2D eigenvalue weighted by Gasteiger charge is -2.11. The number of aliphatic imine (C=N–C) groups is 1. The zero-order valence-electron chi connectivity index (χ0n) is 15.2. The Hall–Kier alpha value is -1.95. The van der Waals surface area contributed by atoms with E-state index in [9.17, 15) is 4.39 Å². The first-order valence-corrected chi connectivity index (χ1v) is 9.65. The van der Waals surface area contributed by atoms with Crippen molar-refractivity contribution in [3.63, 3.8) is 0 Å². The summed E-state index contributed by atoms with van der Waals surface area (Å²) in [5.41, 5.74) is 2.31. The Morgan fingerprint density at radius 3 is 2.56 bits per heavy atom. The van der Waals surface area contributed by atoms with Crippen molar-refractivity contribution in [3.05, 3.63) is 51.2 Å². The Bertz CT molecular complexity index is 679. The second kappa shape index (κ2) is 10.1. The second-order valence-electron chi connectivity index (χ2n) is 5.78. The van der Waals surface area contributed by atoms with Crippen LogP contribution in [0.25, 0.3) is 0 Å². The highest BCUT2D eigenvalue weighted by atomic mass is 32.1. The van der Waals surface area contributed by atoms with Gasteiger partial charge in [0.05, 0.1) is 10.7 Å². The predicted molar refractivity (Wildman–Crippen MR) is 104 cm³/mol. The maximum absolute atomic E-state index is 12.9. The summed E-state index contributed by atoms with van der Waals surface area (Å²) in [6.45, 7) is 8.60. The van der Waals surface area contributed by atoms with Crippen LogP contribution >= 0.6 is 11.3 Å². The van der Waals surface area contributed by atoms with E-state index in [1.54, 1.807) is 11.3 Å². The molecule has 1 heterocycles. The highest BCUT2D eigenvalue weighted by Crippen LogP contribution is 2.18. The summed E-state index contributed by atoms with van der Waals surface area (Å²) in [4.78, 5) is 10.6. The number of rotatable bonds is 8. The Morgan fingerprint density at radius 1 is 1.16 bits per heavy atom. The molecule has 0 radical (unpaired) electrons. The lowest BCUT2D eigenvalue weighted by atomic mass is 10.1. The van der Waals surface area contributed by atoms with Gasteiger partial charge in [-0.25, -0.2) is 9.37 Å². The normalized spacial score (nSPS) is 11.6. The molecule has 4 nitrogen and oxygen atoms in total. The Morgan fingerprint density at radius 2 is 1.92 bits per heavy atom. The number of hydrogen-bond acceptors (Lipinski definition) is 3. The fourth-order valence-corrected chi connectivity index (χ4v) is 3.51. The number of thiazole rings is 1. The number of nitrogens with zero attached hydrogens (tertiary/aromatic N) is 2. The molecule has 0 saturated carbocycles. The van der Waals surface area contributed by atoms with Crippen LogP contribution in [0.15, 0.2) is 29.3 Å². The first-order valence-electron chi connectivity index (χ1n) is 8.84. The van der Waals surface area contributed by atoms with Crippen molar-refractivity contribution in [1.29, 1.82) is 0 Å². The zero-order chi connectivity index (χ0) is 18.1. The van der Waals surface area contributed by atoms with Crippen LogP contribution in [0.3, 0.4) is 0 Å². The van der Waals surface area contributed by atoms with Gasteiger partial charge in [0.2, 0.25) is 0 Å². The minimum absolute atomic E-state index is 0.199. The molecular weight excluding hydrogens is 335 g/mol. The molecule has 25 heavy (non-hydrogen) atoms. The fourth-order valence-electron chi connectivity index (χ4n) is 2.50. The standard InChI is InChI=1S/C19H27FN4S/c1-4-17-14(3)25-18(24-17)11-13-23-19(21-5-2)22-12-10-15-6-8-16(20)9-7-15/h6-9H,4-5,10-13H2,1-3H3,(H2,21,22,23). The van der Waals surface area contributed by atoms with E-state index in [0.29, 0.717) is 6.54 Å². The van der Waals surface area contributed by atoms with E-state index in [1.165, 1.54) is 22.7 Å². The van der Waals surface area contributed by atoms with Crippen LogP contribution < -0.4 is 10.6 Å². The van der Waals surface area contributed by atoms with Crippen LogP contribution in [0, 0.1) is 12.7 Å². The first kappa shape index (κ1) is 19.4. The number of benzene rings is 1. The van der Waals surface area contributed by atoms with E-state index >= 15 is 0 Å². The van der Waals surface area contributed by atoms with Crippen LogP contribution in [-0.4, -0.2) is 30.6 Å². The molecule has 1 aromatic heterocycles. The SMILES string of the molecule is CCNC(=NCCc1nc(CC)c(C)s1)NCCc1ccc(F)cc1. The van der Waals surface area contributed by atoms with Gasteiger partial charge in [0, 0.05) is 30.9 Å². The van der Waals surface area contributed by atoms with Gasteiger partial charge in [-0.15, -0.1) is 11.3 Å². The van der Waals surface area contributed by atoms with E-state index in [0.717, 1.165) is 48.9 Å². The summed E-state index contributed by atoms with van der Waals surface area (Å²) in [7, 11) is 0. The molecule has 0 unspecified atom stereocenters. The molecule has 2 N–H and O–H groups in total. The summed E-state index contributed by atoms with van der Waals surface area (Å²) in [6.07, 6.45) is 2.68. The molecule has 0 fully saturated rings. The molecular formula is C19H27FN4S. The number of halogens is 1. The minimum atomic E-state index is -0.199. The molecule has 0 saturated heterocycles. The van der Waals surface area contributed by atoms with E-state index in [4.69, 9.17) is 0 Å². The molecule has 6 heteroatoms. The maximum atomic E-state index is 12.9. The van der Waals surface area contributed by atoms with Crippen LogP contribution in [0.4, 0.5) is 4.39 Å². The van der Waals surface area contributed by atoms with Gasteiger partial charge in [-0.2, -0.15) is 0 Å².